The van der Waals surface area contributed by atoms with Crippen molar-refractivity contribution < 1.29 is 8.42 Å². The Balaban J connectivity index is 2.65. The Morgan fingerprint density at radius 3 is 2.33 bits per heavy atom. The number of aryl methyl sites for hydroxylation is 3. The summed E-state index contributed by atoms with van der Waals surface area (Å²) in [4.78, 5) is 0.230. The predicted molar refractivity (Wildman–Crippen MR) is 73.2 cm³/mol. The highest BCUT2D eigenvalue weighted by Gasteiger charge is 2.21. The van der Waals surface area contributed by atoms with Crippen LogP contribution in [0.25, 0.3) is 0 Å². The van der Waals surface area contributed by atoms with Crippen molar-refractivity contribution in [3.63, 3.8) is 0 Å². The fraction of sp³-hybridized carbons (Fsp3) is 0.250. The van der Waals surface area contributed by atoms with E-state index in [0.29, 0.717) is 10.2 Å². The number of rotatable bonds is 2. The summed E-state index contributed by atoms with van der Waals surface area (Å²) < 4.78 is 26.4. The molecule has 0 fully saturated rings. The molecule has 0 spiro atoms. The van der Waals surface area contributed by atoms with E-state index in [1.807, 2.05) is 13.8 Å². The van der Waals surface area contributed by atoms with Crippen LogP contribution in [-0.2, 0) is 10.0 Å². The van der Waals surface area contributed by atoms with Crippen molar-refractivity contribution in [1.29, 1.82) is 0 Å². The van der Waals surface area contributed by atoms with Gasteiger partial charge in [-0.25, -0.2) is 0 Å². The molecule has 0 amide bonds. The van der Waals surface area contributed by atoms with Crippen LogP contribution in [0.4, 0.5) is 0 Å². The van der Waals surface area contributed by atoms with Gasteiger partial charge in [0.1, 0.15) is 4.90 Å². The molecule has 4 nitrogen and oxygen atoms in total. The van der Waals surface area contributed by atoms with E-state index < -0.39 is 10.0 Å². The first kappa shape index (κ1) is 13.3. The summed E-state index contributed by atoms with van der Waals surface area (Å²) in [6, 6.07) is 5.12. The third-order valence-electron chi connectivity index (χ3n) is 2.77. The molecule has 0 saturated heterocycles. The Labute approximate surface area is 115 Å². The highest BCUT2D eigenvalue weighted by Crippen LogP contribution is 2.27. The normalized spacial score (nSPS) is 11.8. The van der Waals surface area contributed by atoms with Gasteiger partial charge in [-0.05, 0) is 66.0 Å². The maximum absolute atomic E-state index is 12.4. The van der Waals surface area contributed by atoms with Gasteiger partial charge in [0.05, 0.1) is 5.69 Å². The Morgan fingerprint density at radius 2 is 1.78 bits per heavy atom. The molecule has 0 aliphatic heterocycles. The van der Waals surface area contributed by atoms with E-state index >= 15 is 0 Å². The molecular weight excluding hydrogens is 316 g/mol. The summed E-state index contributed by atoms with van der Waals surface area (Å²) in [5.41, 5.74) is 2.64. The molecule has 0 aliphatic carbocycles. The highest BCUT2D eigenvalue weighted by atomic mass is 79.9. The van der Waals surface area contributed by atoms with Crippen LogP contribution in [-0.4, -0.2) is 17.6 Å². The van der Waals surface area contributed by atoms with Gasteiger partial charge in [-0.3, -0.25) is 0 Å². The van der Waals surface area contributed by atoms with Gasteiger partial charge in [0.2, 0.25) is 0 Å². The lowest BCUT2D eigenvalue weighted by molar-refractivity contribution is 0.579. The van der Waals surface area contributed by atoms with Gasteiger partial charge < -0.3 is 0 Å². The Morgan fingerprint density at radius 1 is 1.17 bits per heavy atom. The van der Waals surface area contributed by atoms with E-state index in [1.165, 1.54) is 6.20 Å². The first-order chi connectivity index (χ1) is 8.32. The molecule has 1 aromatic heterocycles. The van der Waals surface area contributed by atoms with Crippen molar-refractivity contribution in [2.45, 2.75) is 25.7 Å². The number of halogens is 1. The van der Waals surface area contributed by atoms with Crippen LogP contribution in [0.3, 0.4) is 0 Å². The van der Waals surface area contributed by atoms with E-state index in [9.17, 15) is 8.42 Å². The quantitative estimate of drug-likeness (QED) is 0.851. The minimum atomic E-state index is -3.63. The summed E-state index contributed by atoms with van der Waals surface area (Å²) in [5.74, 6) is 0. The standard InChI is InChI=1S/C12H13BrN2O2S/c1-8-6-11(13)12(7-9(8)2)18(16,17)15-5-4-10(3)14-15/h4-7H,1-3H3. The second-order valence-electron chi connectivity index (χ2n) is 4.20. The van der Waals surface area contributed by atoms with E-state index in [4.69, 9.17) is 0 Å². The van der Waals surface area contributed by atoms with E-state index in [-0.39, 0.29) is 4.90 Å². The van der Waals surface area contributed by atoms with Gasteiger partial charge >= 0.3 is 0 Å². The number of nitrogens with zero attached hydrogens (tertiary/aromatic N) is 2. The second kappa shape index (κ2) is 4.51. The monoisotopic (exact) mass is 328 g/mol. The SMILES string of the molecule is Cc1ccn(S(=O)(=O)c2cc(C)c(C)cc2Br)n1. The minimum Gasteiger partial charge on any atom is -0.199 e. The van der Waals surface area contributed by atoms with Crippen LogP contribution in [0.2, 0.25) is 0 Å². The molecule has 0 radical (unpaired) electrons. The van der Waals surface area contributed by atoms with Crippen LogP contribution < -0.4 is 0 Å². The van der Waals surface area contributed by atoms with Gasteiger partial charge in [-0.2, -0.15) is 17.6 Å². The molecule has 0 N–H and O–H groups in total. The Kier molecular flexibility index (Phi) is 3.33. The Bertz CT molecular complexity index is 705. The number of aromatic nitrogens is 2. The molecule has 2 rings (SSSR count). The van der Waals surface area contributed by atoms with E-state index in [1.54, 1.807) is 25.1 Å². The topological polar surface area (TPSA) is 52.0 Å². The average molecular weight is 329 g/mol. The number of benzene rings is 1. The summed E-state index contributed by atoms with van der Waals surface area (Å²) in [5, 5.41) is 3.96. The van der Waals surface area contributed by atoms with Crippen molar-refractivity contribution in [1.82, 2.24) is 9.19 Å². The van der Waals surface area contributed by atoms with Crippen LogP contribution in [0.1, 0.15) is 16.8 Å². The lowest BCUT2D eigenvalue weighted by Crippen LogP contribution is -2.14. The third-order valence-corrected chi connectivity index (χ3v) is 5.28. The zero-order valence-electron chi connectivity index (χ0n) is 10.3. The highest BCUT2D eigenvalue weighted by molar-refractivity contribution is 9.10. The average Bonchev–Trinajstić information content (AvgIpc) is 2.70. The third kappa shape index (κ3) is 2.22. The van der Waals surface area contributed by atoms with Crippen molar-refractivity contribution in [2.75, 3.05) is 0 Å². The van der Waals surface area contributed by atoms with Crippen LogP contribution in [0.15, 0.2) is 33.8 Å². The fourth-order valence-corrected chi connectivity index (χ4v) is 3.94. The first-order valence-corrected chi connectivity index (χ1v) is 7.60. The van der Waals surface area contributed by atoms with Crippen molar-refractivity contribution in [2.24, 2.45) is 0 Å². The van der Waals surface area contributed by atoms with Crippen LogP contribution in [0.5, 0.6) is 0 Å². The minimum absolute atomic E-state index is 0.230. The van der Waals surface area contributed by atoms with Gasteiger partial charge in [-0.15, -0.1) is 0 Å². The van der Waals surface area contributed by atoms with Crippen molar-refractivity contribution in [3.05, 3.63) is 45.7 Å². The van der Waals surface area contributed by atoms with E-state index in [0.717, 1.165) is 15.2 Å². The van der Waals surface area contributed by atoms with Crippen molar-refractivity contribution >= 4 is 26.0 Å². The lowest BCUT2D eigenvalue weighted by atomic mass is 10.1. The summed E-state index contributed by atoms with van der Waals surface area (Å²) in [7, 11) is -3.63. The van der Waals surface area contributed by atoms with Gasteiger partial charge in [0.25, 0.3) is 10.0 Å². The van der Waals surface area contributed by atoms with Gasteiger partial charge in [0.15, 0.2) is 0 Å². The van der Waals surface area contributed by atoms with Gasteiger partial charge in [0, 0.05) is 10.7 Å². The maximum Gasteiger partial charge on any atom is 0.284 e. The van der Waals surface area contributed by atoms with Crippen molar-refractivity contribution in [3.8, 4) is 0 Å². The summed E-state index contributed by atoms with van der Waals surface area (Å²) >= 11 is 3.30. The summed E-state index contributed by atoms with van der Waals surface area (Å²) in [6.45, 7) is 5.57. The molecule has 96 valence electrons. The molecule has 6 heteroatoms. The molecule has 0 bridgehead atoms. The molecule has 1 aromatic carbocycles. The van der Waals surface area contributed by atoms with Crippen LogP contribution >= 0.6 is 15.9 Å². The molecule has 2 aromatic rings. The molecule has 1 heterocycles. The molecule has 0 saturated carbocycles. The van der Waals surface area contributed by atoms with Gasteiger partial charge in [-0.1, -0.05) is 0 Å². The zero-order chi connectivity index (χ0) is 13.5. The number of hydrogen-bond acceptors (Lipinski definition) is 3. The Hall–Kier alpha value is -1.14. The maximum atomic E-state index is 12.4. The molecule has 0 aliphatic rings. The molecule has 18 heavy (non-hydrogen) atoms. The lowest BCUT2D eigenvalue weighted by Gasteiger charge is -2.09. The summed E-state index contributed by atoms with van der Waals surface area (Å²) in [6.07, 6.45) is 1.45. The largest absolute Gasteiger partial charge is 0.284 e. The smallest absolute Gasteiger partial charge is 0.199 e. The predicted octanol–water partition coefficient (Wildman–Crippen LogP) is 2.81. The number of hydrogen-bond donors (Lipinski definition) is 0. The second-order valence-corrected chi connectivity index (χ2v) is 6.82. The zero-order valence-corrected chi connectivity index (χ0v) is 12.7. The van der Waals surface area contributed by atoms with Crippen LogP contribution in [0, 0.1) is 20.8 Å². The van der Waals surface area contributed by atoms with E-state index in [2.05, 4.69) is 21.0 Å². The fourth-order valence-electron chi connectivity index (χ4n) is 1.58. The molecule has 0 unspecified atom stereocenters. The molecular formula is C12H13BrN2O2S. The molecule has 0 atom stereocenters. The first-order valence-electron chi connectivity index (χ1n) is 5.37.